The van der Waals surface area contributed by atoms with Crippen LogP contribution in [-0.2, 0) is 0 Å². The fraction of sp³-hybridized carbons (Fsp3) is 0.111. The van der Waals surface area contributed by atoms with Gasteiger partial charge in [-0.1, -0.05) is 11.6 Å². The maximum Gasteiger partial charge on any atom is 0.114 e. The van der Waals surface area contributed by atoms with Gasteiger partial charge in [-0.05, 0) is 28.5 Å². The maximum atomic E-state index is 9.85. The summed E-state index contributed by atoms with van der Waals surface area (Å²) in [7, 11) is 0. The van der Waals surface area contributed by atoms with Crippen molar-refractivity contribution in [3.05, 3.63) is 43.7 Å². The molecule has 0 radical (unpaired) electrons. The number of hydrogen-bond donors (Lipinski definition) is 1. The summed E-state index contributed by atoms with van der Waals surface area (Å²) in [6.45, 7) is 0. The molecule has 0 aliphatic heterocycles. The summed E-state index contributed by atoms with van der Waals surface area (Å²) in [6, 6.07) is 3.72. The van der Waals surface area contributed by atoms with Gasteiger partial charge < -0.3 is 5.11 Å². The molecular weight excluding hydrogens is 224 g/mol. The SMILES string of the molecule is OC(c1ccsc1)c1cc(Cl)cs1. The van der Waals surface area contributed by atoms with Crippen molar-refractivity contribution in [3.63, 3.8) is 0 Å². The number of aliphatic hydroxyl groups is 1. The molecule has 0 aliphatic carbocycles. The van der Waals surface area contributed by atoms with Crippen LogP contribution in [0.1, 0.15) is 16.5 Å². The number of aliphatic hydroxyl groups excluding tert-OH is 1. The van der Waals surface area contributed by atoms with Gasteiger partial charge in [-0.15, -0.1) is 11.3 Å². The zero-order valence-electron chi connectivity index (χ0n) is 6.61. The van der Waals surface area contributed by atoms with Crippen LogP contribution < -0.4 is 0 Å². The molecule has 0 amide bonds. The fourth-order valence-electron chi connectivity index (χ4n) is 1.07. The summed E-state index contributed by atoms with van der Waals surface area (Å²) >= 11 is 8.83. The molecule has 0 saturated heterocycles. The van der Waals surface area contributed by atoms with E-state index < -0.39 is 6.10 Å². The van der Waals surface area contributed by atoms with Crippen LogP contribution in [0, 0.1) is 0 Å². The van der Waals surface area contributed by atoms with E-state index in [0.29, 0.717) is 5.02 Å². The van der Waals surface area contributed by atoms with E-state index in [1.165, 1.54) is 11.3 Å². The second-order valence-electron chi connectivity index (χ2n) is 2.63. The van der Waals surface area contributed by atoms with Crippen LogP contribution in [0.25, 0.3) is 0 Å². The smallest absolute Gasteiger partial charge is 0.114 e. The molecule has 0 aromatic carbocycles. The van der Waals surface area contributed by atoms with Gasteiger partial charge in [0.15, 0.2) is 0 Å². The Hall–Kier alpha value is -0.350. The predicted octanol–water partition coefficient (Wildman–Crippen LogP) is 3.54. The molecule has 2 aromatic rings. The van der Waals surface area contributed by atoms with Crippen LogP contribution in [0.5, 0.6) is 0 Å². The lowest BCUT2D eigenvalue weighted by Gasteiger charge is -2.04. The molecule has 1 atom stereocenters. The minimum absolute atomic E-state index is 0.524. The maximum absolute atomic E-state index is 9.85. The van der Waals surface area contributed by atoms with Crippen LogP contribution >= 0.6 is 34.3 Å². The minimum Gasteiger partial charge on any atom is -0.383 e. The van der Waals surface area contributed by atoms with Crippen molar-refractivity contribution >= 4 is 34.3 Å². The molecule has 2 heterocycles. The number of thiophene rings is 2. The first-order valence-electron chi connectivity index (χ1n) is 3.71. The Balaban J connectivity index is 2.28. The first-order valence-corrected chi connectivity index (χ1v) is 5.91. The Bertz CT molecular complexity index is 380. The lowest BCUT2D eigenvalue weighted by Crippen LogP contribution is -1.93. The van der Waals surface area contributed by atoms with E-state index in [4.69, 9.17) is 11.6 Å². The van der Waals surface area contributed by atoms with Gasteiger partial charge in [0.05, 0.1) is 5.02 Å². The third-order valence-corrected chi connectivity index (χ3v) is 3.75. The van der Waals surface area contributed by atoms with Gasteiger partial charge in [-0.2, -0.15) is 11.3 Å². The summed E-state index contributed by atoms with van der Waals surface area (Å²) in [5, 5.41) is 16.3. The van der Waals surface area contributed by atoms with Crippen molar-refractivity contribution in [2.75, 3.05) is 0 Å². The molecule has 13 heavy (non-hydrogen) atoms. The van der Waals surface area contributed by atoms with Crippen molar-refractivity contribution in [1.29, 1.82) is 0 Å². The summed E-state index contributed by atoms with van der Waals surface area (Å²) in [4.78, 5) is 0.892. The Morgan fingerprint density at radius 2 is 2.23 bits per heavy atom. The Morgan fingerprint density at radius 1 is 1.38 bits per heavy atom. The van der Waals surface area contributed by atoms with Gasteiger partial charge in [0.2, 0.25) is 0 Å². The van der Waals surface area contributed by atoms with Gasteiger partial charge in [0.25, 0.3) is 0 Å². The molecule has 0 saturated carbocycles. The molecule has 0 fully saturated rings. The van der Waals surface area contributed by atoms with Gasteiger partial charge in [-0.25, -0.2) is 0 Å². The molecule has 68 valence electrons. The zero-order chi connectivity index (χ0) is 9.26. The average molecular weight is 231 g/mol. The minimum atomic E-state index is -0.524. The lowest BCUT2D eigenvalue weighted by atomic mass is 10.2. The molecule has 1 nitrogen and oxygen atoms in total. The van der Waals surface area contributed by atoms with Crippen LogP contribution in [0.4, 0.5) is 0 Å². The third kappa shape index (κ3) is 1.94. The van der Waals surface area contributed by atoms with Crippen molar-refractivity contribution in [1.82, 2.24) is 0 Å². The molecule has 0 spiro atoms. The molecule has 2 rings (SSSR count). The van der Waals surface area contributed by atoms with Crippen LogP contribution in [0.2, 0.25) is 5.02 Å². The van der Waals surface area contributed by atoms with Crippen LogP contribution in [-0.4, -0.2) is 5.11 Å². The van der Waals surface area contributed by atoms with Gasteiger partial charge in [0.1, 0.15) is 6.10 Å². The van der Waals surface area contributed by atoms with Gasteiger partial charge >= 0.3 is 0 Å². The Kier molecular flexibility index (Phi) is 2.69. The van der Waals surface area contributed by atoms with Gasteiger partial charge in [0, 0.05) is 10.3 Å². The fourth-order valence-corrected chi connectivity index (χ4v) is 2.84. The molecule has 1 unspecified atom stereocenters. The normalized spacial score (nSPS) is 13.1. The number of halogens is 1. The van der Waals surface area contributed by atoms with E-state index in [-0.39, 0.29) is 0 Å². The largest absolute Gasteiger partial charge is 0.383 e. The zero-order valence-corrected chi connectivity index (χ0v) is 8.99. The van der Waals surface area contributed by atoms with E-state index in [0.717, 1.165) is 10.4 Å². The van der Waals surface area contributed by atoms with E-state index in [9.17, 15) is 5.11 Å². The van der Waals surface area contributed by atoms with E-state index in [1.807, 2.05) is 22.2 Å². The molecular formula is C9H7ClOS2. The lowest BCUT2D eigenvalue weighted by molar-refractivity contribution is 0.224. The van der Waals surface area contributed by atoms with Crippen LogP contribution in [0.15, 0.2) is 28.3 Å². The molecule has 2 aromatic heterocycles. The highest BCUT2D eigenvalue weighted by molar-refractivity contribution is 7.10. The van der Waals surface area contributed by atoms with Crippen LogP contribution in [0.3, 0.4) is 0 Å². The first-order chi connectivity index (χ1) is 6.27. The summed E-state index contributed by atoms with van der Waals surface area (Å²) < 4.78 is 0. The standard InChI is InChI=1S/C9H7ClOS2/c10-7-3-8(13-5-7)9(11)6-1-2-12-4-6/h1-5,9,11H. The molecule has 0 aliphatic rings. The Labute approximate surface area is 89.2 Å². The topological polar surface area (TPSA) is 20.2 Å². The highest BCUT2D eigenvalue weighted by Gasteiger charge is 2.12. The molecule has 0 bridgehead atoms. The predicted molar refractivity (Wildman–Crippen MR) is 57.7 cm³/mol. The molecule has 1 N–H and O–H groups in total. The highest BCUT2D eigenvalue weighted by atomic mass is 35.5. The van der Waals surface area contributed by atoms with Crippen molar-refractivity contribution in [3.8, 4) is 0 Å². The third-order valence-electron chi connectivity index (χ3n) is 1.72. The summed E-state index contributed by atoms with van der Waals surface area (Å²) in [6.07, 6.45) is -0.524. The number of rotatable bonds is 2. The van der Waals surface area contributed by atoms with Crippen molar-refractivity contribution in [2.45, 2.75) is 6.10 Å². The first kappa shape index (κ1) is 9.21. The summed E-state index contributed by atoms with van der Waals surface area (Å²) in [5.74, 6) is 0. The molecule has 4 heteroatoms. The van der Waals surface area contributed by atoms with Crippen molar-refractivity contribution < 1.29 is 5.11 Å². The highest BCUT2D eigenvalue weighted by Crippen LogP contribution is 2.30. The van der Waals surface area contributed by atoms with E-state index in [1.54, 1.807) is 17.4 Å². The average Bonchev–Trinajstić information content (AvgIpc) is 2.72. The van der Waals surface area contributed by atoms with Crippen molar-refractivity contribution in [2.24, 2.45) is 0 Å². The second kappa shape index (κ2) is 3.80. The summed E-state index contributed by atoms with van der Waals surface area (Å²) in [5.41, 5.74) is 0.934. The second-order valence-corrected chi connectivity index (χ2v) is 4.79. The monoisotopic (exact) mass is 230 g/mol. The van der Waals surface area contributed by atoms with E-state index in [2.05, 4.69) is 0 Å². The van der Waals surface area contributed by atoms with E-state index >= 15 is 0 Å². The quantitative estimate of drug-likeness (QED) is 0.837. The van der Waals surface area contributed by atoms with Gasteiger partial charge in [-0.3, -0.25) is 0 Å². The number of hydrogen-bond acceptors (Lipinski definition) is 3. The Morgan fingerprint density at radius 3 is 2.77 bits per heavy atom.